The summed E-state index contributed by atoms with van der Waals surface area (Å²) < 4.78 is 5.80. The molecule has 3 aromatic carbocycles. The molecule has 0 bridgehead atoms. The zero-order chi connectivity index (χ0) is 23.0. The first-order valence-electron chi connectivity index (χ1n) is 10.1. The van der Waals surface area contributed by atoms with Gasteiger partial charge < -0.3 is 15.4 Å². The first kappa shape index (κ1) is 21.8. The van der Waals surface area contributed by atoms with E-state index in [-0.39, 0.29) is 11.8 Å². The predicted molar refractivity (Wildman–Crippen MR) is 129 cm³/mol. The van der Waals surface area contributed by atoms with E-state index in [1.165, 1.54) is 11.3 Å². The van der Waals surface area contributed by atoms with E-state index in [1.807, 2.05) is 23.6 Å². The van der Waals surface area contributed by atoms with Gasteiger partial charge in [0.05, 0.1) is 16.5 Å². The van der Waals surface area contributed by atoms with Crippen LogP contribution in [0.2, 0.25) is 0 Å². The molecule has 0 spiro atoms. The normalized spacial score (nSPS) is 10.2. The molecule has 0 fully saturated rings. The fourth-order valence-corrected chi connectivity index (χ4v) is 3.69. The summed E-state index contributed by atoms with van der Waals surface area (Å²) in [5.41, 5.74) is 3.13. The largest absolute Gasteiger partial charge is 0.489 e. The van der Waals surface area contributed by atoms with Crippen LogP contribution in [-0.2, 0) is 6.61 Å². The third-order valence-corrected chi connectivity index (χ3v) is 5.57. The maximum Gasteiger partial charge on any atom is 0.265 e. The molecular formula is C26H19N3O3S. The topological polar surface area (TPSA) is 91.2 Å². The van der Waals surface area contributed by atoms with Crippen LogP contribution in [0.4, 0.5) is 11.4 Å². The molecule has 33 heavy (non-hydrogen) atoms. The maximum absolute atomic E-state index is 12.6. The van der Waals surface area contributed by atoms with E-state index in [0.717, 1.165) is 5.56 Å². The Bertz CT molecular complexity index is 1310. The summed E-state index contributed by atoms with van der Waals surface area (Å²) in [6.45, 7) is 0.311. The number of carbonyl (C=O) groups is 2. The van der Waals surface area contributed by atoms with Gasteiger partial charge in [-0.25, -0.2) is 0 Å². The lowest BCUT2D eigenvalue weighted by molar-refractivity contribution is 0.102. The lowest BCUT2D eigenvalue weighted by Crippen LogP contribution is -2.13. The van der Waals surface area contributed by atoms with Crippen molar-refractivity contribution in [3.05, 3.63) is 112 Å². The fourth-order valence-electron chi connectivity index (χ4n) is 3.07. The van der Waals surface area contributed by atoms with Crippen LogP contribution in [0.25, 0.3) is 0 Å². The number of hydrogen-bond donors (Lipinski definition) is 2. The van der Waals surface area contributed by atoms with E-state index in [4.69, 9.17) is 10.00 Å². The van der Waals surface area contributed by atoms with Crippen molar-refractivity contribution in [2.45, 2.75) is 6.61 Å². The van der Waals surface area contributed by atoms with E-state index in [9.17, 15) is 9.59 Å². The average molecular weight is 454 g/mol. The Labute approximate surface area is 195 Å². The van der Waals surface area contributed by atoms with Gasteiger partial charge in [-0.2, -0.15) is 5.26 Å². The van der Waals surface area contributed by atoms with Crippen molar-refractivity contribution < 1.29 is 14.3 Å². The van der Waals surface area contributed by atoms with E-state index in [2.05, 4.69) is 16.7 Å². The van der Waals surface area contributed by atoms with Crippen molar-refractivity contribution in [2.24, 2.45) is 0 Å². The quantitative estimate of drug-likeness (QED) is 0.375. The SMILES string of the molecule is N#Cc1cccc(COc2cccc(NC(=O)c3ccc(NC(=O)c4cccs4)cc3)c2)c1. The third-order valence-electron chi connectivity index (χ3n) is 4.70. The molecule has 0 unspecified atom stereocenters. The van der Waals surface area contributed by atoms with E-state index < -0.39 is 0 Å². The molecule has 6 nitrogen and oxygen atoms in total. The van der Waals surface area contributed by atoms with Crippen molar-refractivity contribution in [1.29, 1.82) is 5.26 Å². The number of hydrogen-bond acceptors (Lipinski definition) is 5. The molecule has 0 aliphatic rings. The molecular weight excluding hydrogens is 434 g/mol. The molecule has 1 heterocycles. The molecule has 0 radical (unpaired) electrons. The molecule has 0 saturated heterocycles. The molecule has 4 rings (SSSR count). The van der Waals surface area contributed by atoms with Crippen LogP contribution in [0.1, 0.15) is 31.2 Å². The molecule has 7 heteroatoms. The molecule has 162 valence electrons. The third kappa shape index (κ3) is 5.85. The van der Waals surface area contributed by atoms with Gasteiger partial charge >= 0.3 is 0 Å². The minimum atomic E-state index is -0.273. The first-order chi connectivity index (χ1) is 16.1. The van der Waals surface area contributed by atoms with Gasteiger partial charge in [0.1, 0.15) is 12.4 Å². The number of thiophene rings is 1. The van der Waals surface area contributed by atoms with Gasteiger partial charge in [-0.1, -0.05) is 24.3 Å². The molecule has 0 saturated carbocycles. The van der Waals surface area contributed by atoms with Gasteiger partial charge in [0.2, 0.25) is 0 Å². The summed E-state index contributed by atoms with van der Waals surface area (Å²) in [7, 11) is 0. The molecule has 4 aromatic rings. The van der Waals surface area contributed by atoms with Gasteiger partial charge in [-0.15, -0.1) is 11.3 Å². The number of carbonyl (C=O) groups excluding carboxylic acids is 2. The summed E-state index contributed by atoms with van der Waals surface area (Å²) in [4.78, 5) is 25.4. The summed E-state index contributed by atoms with van der Waals surface area (Å²) in [6.07, 6.45) is 0. The summed E-state index contributed by atoms with van der Waals surface area (Å²) in [5, 5.41) is 16.5. The minimum absolute atomic E-state index is 0.182. The highest BCUT2D eigenvalue weighted by molar-refractivity contribution is 7.12. The van der Waals surface area contributed by atoms with Gasteiger partial charge in [0.15, 0.2) is 0 Å². The minimum Gasteiger partial charge on any atom is -0.489 e. The Morgan fingerprint density at radius 1 is 0.848 bits per heavy atom. The molecule has 2 N–H and O–H groups in total. The van der Waals surface area contributed by atoms with Crippen LogP contribution in [0.5, 0.6) is 5.75 Å². The second-order valence-corrected chi connectivity index (χ2v) is 8.04. The second-order valence-electron chi connectivity index (χ2n) is 7.09. The fraction of sp³-hybridized carbons (Fsp3) is 0.0385. The molecule has 0 aliphatic heterocycles. The molecule has 2 amide bonds. The van der Waals surface area contributed by atoms with Crippen molar-refractivity contribution in [3.8, 4) is 11.8 Å². The summed E-state index contributed by atoms with van der Waals surface area (Å²) in [5.74, 6) is 0.144. The first-order valence-corrected chi connectivity index (χ1v) is 11.0. The lowest BCUT2D eigenvalue weighted by atomic mass is 10.1. The average Bonchev–Trinajstić information content (AvgIpc) is 3.39. The number of benzene rings is 3. The van der Waals surface area contributed by atoms with Gasteiger partial charge in [0.25, 0.3) is 11.8 Å². The van der Waals surface area contributed by atoms with Crippen molar-refractivity contribution in [2.75, 3.05) is 10.6 Å². The Morgan fingerprint density at radius 3 is 2.39 bits per heavy atom. The predicted octanol–water partition coefficient (Wildman–Crippen LogP) is 5.70. The highest BCUT2D eigenvalue weighted by Gasteiger charge is 2.10. The molecule has 1 aromatic heterocycles. The number of nitriles is 1. The highest BCUT2D eigenvalue weighted by atomic mass is 32.1. The monoisotopic (exact) mass is 453 g/mol. The summed E-state index contributed by atoms with van der Waals surface area (Å²) >= 11 is 1.37. The molecule has 0 atom stereocenters. The summed E-state index contributed by atoms with van der Waals surface area (Å²) in [6, 6.07) is 26.7. The zero-order valence-corrected chi connectivity index (χ0v) is 18.3. The van der Waals surface area contributed by atoms with Crippen molar-refractivity contribution in [1.82, 2.24) is 0 Å². The Hall–Kier alpha value is -4.41. The smallest absolute Gasteiger partial charge is 0.265 e. The van der Waals surface area contributed by atoms with Crippen LogP contribution in [0.15, 0.2) is 90.3 Å². The highest BCUT2D eigenvalue weighted by Crippen LogP contribution is 2.20. The Kier molecular flexibility index (Phi) is 6.78. The van der Waals surface area contributed by atoms with Crippen LogP contribution >= 0.6 is 11.3 Å². The van der Waals surface area contributed by atoms with Crippen LogP contribution in [-0.4, -0.2) is 11.8 Å². The van der Waals surface area contributed by atoms with Crippen LogP contribution < -0.4 is 15.4 Å². The van der Waals surface area contributed by atoms with Gasteiger partial charge in [0, 0.05) is 23.0 Å². The second kappa shape index (κ2) is 10.3. The number of rotatable bonds is 7. The Balaban J connectivity index is 1.35. The van der Waals surface area contributed by atoms with Crippen LogP contribution in [0, 0.1) is 11.3 Å². The molecule has 0 aliphatic carbocycles. The van der Waals surface area contributed by atoms with Crippen molar-refractivity contribution >= 4 is 34.5 Å². The van der Waals surface area contributed by atoms with E-state index >= 15 is 0 Å². The Morgan fingerprint density at radius 2 is 1.64 bits per heavy atom. The standard InChI is InChI=1S/C26H19N3O3S/c27-16-18-4-1-5-19(14-18)17-32-23-7-2-6-22(15-23)29-25(30)20-9-11-21(12-10-20)28-26(31)24-8-3-13-33-24/h1-15H,17H2,(H,28,31)(H,29,30). The van der Waals surface area contributed by atoms with E-state index in [1.54, 1.807) is 66.7 Å². The van der Waals surface area contributed by atoms with Crippen LogP contribution in [0.3, 0.4) is 0 Å². The zero-order valence-electron chi connectivity index (χ0n) is 17.4. The van der Waals surface area contributed by atoms with Gasteiger partial charge in [-0.05, 0) is 65.5 Å². The lowest BCUT2D eigenvalue weighted by Gasteiger charge is -2.10. The maximum atomic E-state index is 12.6. The number of nitrogens with one attached hydrogen (secondary N) is 2. The number of nitrogens with zero attached hydrogens (tertiary/aromatic N) is 1. The number of amides is 2. The van der Waals surface area contributed by atoms with Crippen molar-refractivity contribution in [3.63, 3.8) is 0 Å². The van der Waals surface area contributed by atoms with E-state index in [0.29, 0.717) is 39.7 Å². The number of ether oxygens (including phenoxy) is 1. The number of anilines is 2. The van der Waals surface area contributed by atoms with Gasteiger partial charge in [-0.3, -0.25) is 9.59 Å².